The molecule has 0 unspecified atom stereocenters. The summed E-state index contributed by atoms with van der Waals surface area (Å²) in [5, 5.41) is 10.8. The topological polar surface area (TPSA) is 51.0 Å². The Morgan fingerprint density at radius 2 is 1.88 bits per heavy atom. The van der Waals surface area contributed by atoms with Crippen LogP contribution in [0.2, 0.25) is 0 Å². The summed E-state index contributed by atoms with van der Waals surface area (Å²) in [6.07, 6.45) is 0. The van der Waals surface area contributed by atoms with Gasteiger partial charge in [0.05, 0.1) is 0 Å². The van der Waals surface area contributed by atoms with Crippen molar-refractivity contribution in [1.82, 2.24) is 15.1 Å². The van der Waals surface area contributed by atoms with Crippen molar-refractivity contribution < 1.29 is 4.79 Å². The lowest BCUT2D eigenvalue weighted by Crippen LogP contribution is -2.35. The number of fused-ring (bicyclic) bond motifs is 1. The molecule has 0 aliphatic rings. The standard InChI is InChI=1S/C12H16N4O/c1-4-15(5-2)16-13-11-7-6-10(9(3)17)8-12(11)14-16/h6-8H,4-5H2,1-3H3. The fourth-order valence-electron chi connectivity index (χ4n) is 1.73. The van der Waals surface area contributed by atoms with E-state index in [1.54, 1.807) is 24.0 Å². The maximum Gasteiger partial charge on any atom is 0.159 e. The molecule has 0 N–H and O–H groups in total. The minimum Gasteiger partial charge on any atom is -0.295 e. The van der Waals surface area contributed by atoms with Gasteiger partial charge in [0.25, 0.3) is 0 Å². The van der Waals surface area contributed by atoms with Gasteiger partial charge < -0.3 is 0 Å². The van der Waals surface area contributed by atoms with Crippen LogP contribution in [0.3, 0.4) is 0 Å². The van der Waals surface area contributed by atoms with Gasteiger partial charge >= 0.3 is 0 Å². The summed E-state index contributed by atoms with van der Waals surface area (Å²) in [5.41, 5.74) is 2.23. The van der Waals surface area contributed by atoms with Crippen LogP contribution in [-0.4, -0.2) is 34.0 Å². The number of hydrogen-bond donors (Lipinski definition) is 0. The minimum absolute atomic E-state index is 0.0456. The number of ketones is 1. The van der Waals surface area contributed by atoms with Gasteiger partial charge in [-0.2, -0.15) is 0 Å². The van der Waals surface area contributed by atoms with Gasteiger partial charge in [-0.25, -0.2) is 0 Å². The number of benzene rings is 1. The smallest absolute Gasteiger partial charge is 0.159 e. The molecule has 0 saturated heterocycles. The van der Waals surface area contributed by atoms with E-state index in [2.05, 4.69) is 24.0 Å². The van der Waals surface area contributed by atoms with Crippen molar-refractivity contribution >= 4 is 16.8 Å². The van der Waals surface area contributed by atoms with E-state index in [1.165, 1.54) is 0 Å². The zero-order valence-electron chi connectivity index (χ0n) is 10.3. The number of Topliss-reactive ketones (excluding diaryl/α,β-unsaturated/α-hetero) is 1. The summed E-state index contributed by atoms with van der Waals surface area (Å²) in [5.74, 6) is 0.0456. The molecule has 0 bridgehead atoms. The highest BCUT2D eigenvalue weighted by Gasteiger charge is 2.08. The highest BCUT2D eigenvalue weighted by atomic mass is 16.1. The Balaban J connectivity index is 2.46. The molecule has 2 aromatic rings. The van der Waals surface area contributed by atoms with E-state index in [-0.39, 0.29) is 5.78 Å². The summed E-state index contributed by atoms with van der Waals surface area (Å²) in [4.78, 5) is 12.9. The van der Waals surface area contributed by atoms with E-state index in [9.17, 15) is 4.79 Å². The van der Waals surface area contributed by atoms with Crippen molar-refractivity contribution in [1.29, 1.82) is 0 Å². The van der Waals surface area contributed by atoms with Gasteiger partial charge in [0, 0.05) is 18.7 Å². The Morgan fingerprint density at radius 3 is 2.47 bits per heavy atom. The molecule has 5 nitrogen and oxygen atoms in total. The van der Waals surface area contributed by atoms with Crippen LogP contribution in [-0.2, 0) is 0 Å². The van der Waals surface area contributed by atoms with Crippen molar-refractivity contribution in [2.45, 2.75) is 20.8 Å². The summed E-state index contributed by atoms with van der Waals surface area (Å²) in [7, 11) is 0. The van der Waals surface area contributed by atoms with E-state index in [4.69, 9.17) is 0 Å². The maximum atomic E-state index is 11.3. The lowest BCUT2D eigenvalue weighted by molar-refractivity contribution is 0.101. The second-order valence-electron chi connectivity index (χ2n) is 3.87. The molecule has 0 atom stereocenters. The molecule has 17 heavy (non-hydrogen) atoms. The van der Waals surface area contributed by atoms with Crippen LogP contribution in [0.25, 0.3) is 11.0 Å². The van der Waals surface area contributed by atoms with Crippen molar-refractivity contribution in [3.63, 3.8) is 0 Å². The molecule has 90 valence electrons. The molecule has 1 heterocycles. The predicted octanol–water partition coefficient (Wildman–Crippen LogP) is 1.61. The number of aromatic nitrogens is 3. The molecular weight excluding hydrogens is 216 g/mol. The molecule has 0 radical (unpaired) electrons. The van der Waals surface area contributed by atoms with E-state index >= 15 is 0 Å². The molecule has 0 saturated carbocycles. The third kappa shape index (κ3) is 2.13. The number of carbonyl (C=O) groups excluding carboxylic acids is 1. The van der Waals surface area contributed by atoms with Gasteiger partial charge in [-0.3, -0.25) is 9.80 Å². The molecule has 0 fully saturated rings. The Hall–Kier alpha value is -1.91. The zero-order chi connectivity index (χ0) is 12.4. The predicted molar refractivity (Wildman–Crippen MR) is 66.8 cm³/mol. The van der Waals surface area contributed by atoms with Crippen LogP contribution in [0, 0.1) is 0 Å². The normalized spacial score (nSPS) is 10.8. The highest BCUT2D eigenvalue weighted by molar-refractivity contribution is 5.97. The average molecular weight is 232 g/mol. The van der Waals surface area contributed by atoms with Crippen LogP contribution >= 0.6 is 0 Å². The number of nitrogens with zero attached hydrogens (tertiary/aromatic N) is 4. The van der Waals surface area contributed by atoms with Crippen LogP contribution in [0.4, 0.5) is 0 Å². The van der Waals surface area contributed by atoms with Crippen LogP contribution < -0.4 is 5.01 Å². The zero-order valence-corrected chi connectivity index (χ0v) is 10.3. The van der Waals surface area contributed by atoms with E-state index in [1.807, 2.05) is 11.1 Å². The number of carbonyl (C=O) groups is 1. The quantitative estimate of drug-likeness (QED) is 0.751. The molecule has 0 spiro atoms. The van der Waals surface area contributed by atoms with Gasteiger partial charge in [-0.1, -0.05) is 4.91 Å². The van der Waals surface area contributed by atoms with Gasteiger partial charge in [0.1, 0.15) is 11.0 Å². The molecule has 0 aliphatic heterocycles. The van der Waals surface area contributed by atoms with E-state index < -0.39 is 0 Å². The second kappa shape index (κ2) is 4.53. The Bertz CT molecular complexity index is 542. The average Bonchev–Trinajstić information content (AvgIpc) is 2.72. The Labute approximate surface area is 100.0 Å². The monoisotopic (exact) mass is 232 g/mol. The van der Waals surface area contributed by atoms with Crippen molar-refractivity contribution in [2.75, 3.05) is 18.1 Å². The third-order valence-corrected chi connectivity index (χ3v) is 2.76. The summed E-state index contributed by atoms with van der Waals surface area (Å²) in [6.45, 7) is 7.35. The Kier molecular flexibility index (Phi) is 3.08. The maximum absolute atomic E-state index is 11.3. The molecule has 1 aromatic carbocycles. The van der Waals surface area contributed by atoms with Gasteiger partial charge in [0.2, 0.25) is 0 Å². The Morgan fingerprint density at radius 1 is 1.24 bits per heavy atom. The van der Waals surface area contributed by atoms with Gasteiger partial charge in [-0.15, -0.1) is 10.2 Å². The fraction of sp³-hybridized carbons (Fsp3) is 0.417. The lowest BCUT2D eigenvalue weighted by Gasteiger charge is -2.17. The SMILES string of the molecule is CCN(CC)n1nc2ccc(C(C)=O)cc2n1. The van der Waals surface area contributed by atoms with E-state index in [0.717, 1.165) is 24.1 Å². The van der Waals surface area contributed by atoms with Crippen molar-refractivity contribution in [2.24, 2.45) is 0 Å². The first-order chi connectivity index (χ1) is 8.15. The molecule has 2 rings (SSSR count). The molecule has 5 heteroatoms. The summed E-state index contributed by atoms with van der Waals surface area (Å²) in [6, 6.07) is 5.40. The van der Waals surface area contributed by atoms with E-state index in [0.29, 0.717) is 5.56 Å². The summed E-state index contributed by atoms with van der Waals surface area (Å²) >= 11 is 0. The first-order valence-corrected chi connectivity index (χ1v) is 5.79. The first-order valence-electron chi connectivity index (χ1n) is 5.79. The lowest BCUT2D eigenvalue weighted by atomic mass is 10.1. The molecular formula is C12H16N4O. The molecule has 1 aromatic heterocycles. The summed E-state index contributed by atoms with van der Waals surface area (Å²) < 4.78 is 0. The van der Waals surface area contributed by atoms with Gasteiger partial charge in [-0.05, 0) is 39.0 Å². The third-order valence-electron chi connectivity index (χ3n) is 2.76. The van der Waals surface area contributed by atoms with Crippen LogP contribution in [0.1, 0.15) is 31.1 Å². The van der Waals surface area contributed by atoms with Gasteiger partial charge in [0.15, 0.2) is 5.78 Å². The number of hydrogen-bond acceptors (Lipinski definition) is 4. The fourth-order valence-corrected chi connectivity index (χ4v) is 1.73. The highest BCUT2D eigenvalue weighted by Crippen LogP contribution is 2.12. The largest absolute Gasteiger partial charge is 0.295 e. The second-order valence-corrected chi connectivity index (χ2v) is 3.87. The number of rotatable bonds is 4. The van der Waals surface area contributed by atoms with Crippen molar-refractivity contribution in [3.05, 3.63) is 23.8 Å². The molecule has 0 amide bonds. The van der Waals surface area contributed by atoms with Crippen molar-refractivity contribution in [3.8, 4) is 0 Å². The van der Waals surface area contributed by atoms with Crippen LogP contribution in [0.5, 0.6) is 0 Å². The first kappa shape index (κ1) is 11.6. The van der Waals surface area contributed by atoms with Crippen LogP contribution in [0.15, 0.2) is 18.2 Å². The molecule has 0 aliphatic carbocycles. The minimum atomic E-state index is 0.0456.